The Bertz CT molecular complexity index is 493. The fourth-order valence-corrected chi connectivity index (χ4v) is 3.89. The number of ether oxygens (including phenoxy) is 1. The number of hydrogen-bond acceptors (Lipinski definition) is 3. The van der Waals surface area contributed by atoms with Crippen LogP contribution in [0.5, 0.6) is 5.75 Å². The fraction of sp³-hybridized carbons (Fsp3) is 0.625. The summed E-state index contributed by atoms with van der Waals surface area (Å²) in [5.41, 5.74) is 1.30. The second-order valence-electron chi connectivity index (χ2n) is 6.17. The van der Waals surface area contributed by atoms with Crippen LogP contribution in [0.4, 0.5) is 0 Å². The van der Waals surface area contributed by atoms with Crippen LogP contribution in [0.15, 0.2) is 22.7 Å². The summed E-state index contributed by atoms with van der Waals surface area (Å²) in [4.78, 5) is 2.42. The minimum absolute atomic E-state index is 0.0132. The number of rotatable bonds is 1. The molecule has 2 heterocycles. The number of nitrogens with zero attached hydrogens (tertiary/aromatic N) is 1. The molecule has 3 rings (SSSR count). The minimum atomic E-state index is 0.0132. The maximum absolute atomic E-state index is 6.49. The first-order chi connectivity index (χ1) is 9.62. The van der Waals surface area contributed by atoms with Crippen LogP contribution in [0.1, 0.15) is 37.3 Å². The number of likely N-dealkylation sites (tertiary alicyclic amines) is 1. The molecule has 0 aromatic heterocycles. The number of benzene rings is 1. The Morgan fingerprint density at radius 2 is 2.20 bits per heavy atom. The van der Waals surface area contributed by atoms with E-state index in [1.807, 2.05) is 0 Å². The second-order valence-corrected chi connectivity index (χ2v) is 7.09. The number of fused-ring (bicyclic) bond motifs is 1. The van der Waals surface area contributed by atoms with Crippen molar-refractivity contribution in [1.82, 2.24) is 10.2 Å². The highest BCUT2D eigenvalue weighted by Gasteiger charge is 2.41. The lowest BCUT2D eigenvalue weighted by Gasteiger charge is -2.42. The molecule has 1 spiro atoms. The first-order valence-electron chi connectivity index (χ1n) is 7.46. The van der Waals surface area contributed by atoms with Gasteiger partial charge in [-0.25, -0.2) is 0 Å². The van der Waals surface area contributed by atoms with E-state index in [0.29, 0.717) is 6.04 Å². The van der Waals surface area contributed by atoms with Crippen LogP contribution in [0.3, 0.4) is 0 Å². The summed E-state index contributed by atoms with van der Waals surface area (Å²) >= 11 is 3.56. The molecule has 0 aliphatic carbocycles. The van der Waals surface area contributed by atoms with Gasteiger partial charge in [0.2, 0.25) is 0 Å². The summed E-state index contributed by atoms with van der Waals surface area (Å²) < 4.78 is 7.61. The average Bonchev–Trinajstić information content (AvgIpc) is 2.61. The van der Waals surface area contributed by atoms with Gasteiger partial charge in [0.15, 0.2) is 0 Å². The third-order valence-electron chi connectivity index (χ3n) is 4.72. The van der Waals surface area contributed by atoms with Gasteiger partial charge in [-0.3, -0.25) is 0 Å². The van der Waals surface area contributed by atoms with Crippen LogP contribution in [-0.2, 0) is 0 Å². The Balaban J connectivity index is 1.92. The van der Waals surface area contributed by atoms with Crippen molar-refractivity contribution in [3.8, 4) is 5.75 Å². The van der Waals surface area contributed by atoms with Crippen LogP contribution < -0.4 is 10.1 Å². The second kappa shape index (κ2) is 5.66. The van der Waals surface area contributed by atoms with E-state index in [2.05, 4.69) is 58.4 Å². The predicted octanol–water partition coefficient (Wildman–Crippen LogP) is 3.35. The molecule has 20 heavy (non-hydrogen) atoms. The highest BCUT2D eigenvalue weighted by atomic mass is 79.9. The third-order valence-corrected chi connectivity index (χ3v) is 5.21. The van der Waals surface area contributed by atoms with Gasteiger partial charge < -0.3 is 15.0 Å². The van der Waals surface area contributed by atoms with Gasteiger partial charge in [-0.1, -0.05) is 15.9 Å². The first-order valence-corrected chi connectivity index (χ1v) is 8.25. The molecule has 3 nitrogen and oxygen atoms in total. The Labute approximate surface area is 129 Å². The van der Waals surface area contributed by atoms with E-state index in [9.17, 15) is 0 Å². The number of halogens is 1. The van der Waals surface area contributed by atoms with Crippen molar-refractivity contribution in [2.45, 2.75) is 37.3 Å². The summed E-state index contributed by atoms with van der Waals surface area (Å²) in [6, 6.07) is 6.76. The Kier molecular flexibility index (Phi) is 4.07. The van der Waals surface area contributed by atoms with Gasteiger partial charge in [0, 0.05) is 29.0 Å². The van der Waals surface area contributed by atoms with Gasteiger partial charge in [-0.05, 0) is 58.1 Å². The van der Waals surface area contributed by atoms with Crippen molar-refractivity contribution >= 4 is 15.9 Å². The van der Waals surface area contributed by atoms with E-state index in [1.165, 1.54) is 18.5 Å². The molecule has 1 fully saturated rings. The van der Waals surface area contributed by atoms with Crippen LogP contribution >= 0.6 is 15.9 Å². The Hall–Kier alpha value is -0.580. The van der Waals surface area contributed by atoms with Crippen molar-refractivity contribution in [2.75, 3.05) is 27.2 Å². The van der Waals surface area contributed by atoms with E-state index in [-0.39, 0.29) is 5.60 Å². The largest absolute Gasteiger partial charge is 0.487 e. The molecular weight excluding hydrogens is 316 g/mol. The normalized spacial score (nSPS) is 30.6. The van der Waals surface area contributed by atoms with Crippen molar-refractivity contribution in [1.29, 1.82) is 0 Å². The highest BCUT2D eigenvalue weighted by Crippen LogP contribution is 2.44. The summed E-state index contributed by atoms with van der Waals surface area (Å²) in [7, 11) is 4.26. The maximum Gasteiger partial charge on any atom is 0.125 e. The van der Waals surface area contributed by atoms with Gasteiger partial charge in [0.1, 0.15) is 11.4 Å². The van der Waals surface area contributed by atoms with Gasteiger partial charge in [0.25, 0.3) is 0 Å². The fourth-order valence-electron chi connectivity index (χ4n) is 3.51. The number of nitrogens with one attached hydrogen (secondary N) is 1. The van der Waals surface area contributed by atoms with Crippen LogP contribution in [-0.4, -0.2) is 37.7 Å². The molecule has 2 unspecified atom stereocenters. The summed E-state index contributed by atoms with van der Waals surface area (Å²) in [6.07, 6.45) is 4.57. The molecule has 110 valence electrons. The summed E-state index contributed by atoms with van der Waals surface area (Å²) in [5, 5.41) is 3.48. The van der Waals surface area contributed by atoms with Gasteiger partial charge in [-0.2, -0.15) is 0 Å². The molecule has 2 atom stereocenters. The zero-order valence-electron chi connectivity index (χ0n) is 12.3. The number of hydrogen-bond donors (Lipinski definition) is 1. The van der Waals surface area contributed by atoms with Crippen molar-refractivity contribution in [2.24, 2.45) is 0 Å². The van der Waals surface area contributed by atoms with Crippen molar-refractivity contribution in [3.05, 3.63) is 28.2 Å². The molecule has 1 N–H and O–H groups in total. The Morgan fingerprint density at radius 1 is 1.35 bits per heavy atom. The molecule has 2 aliphatic heterocycles. The van der Waals surface area contributed by atoms with Crippen LogP contribution in [0.25, 0.3) is 0 Å². The monoisotopic (exact) mass is 338 g/mol. The highest BCUT2D eigenvalue weighted by molar-refractivity contribution is 9.10. The molecule has 1 aromatic rings. The summed E-state index contributed by atoms with van der Waals surface area (Å²) in [6.45, 7) is 2.31. The van der Waals surface area contributed by atoms with Crippen molar-refractivity contribution < 1.29 is 4.74 Å². The molecule has 0 radical (unpaired) electrons. The van der Waals surface area contributed by atoms with Crippen LogP contribution in [0, 0.1) is 0 Å². The van der Waals surface area contributed by atoms with E-state index in [0.717, 1.165) is 36.0 Å². The molecule has 0 bridgehead atoms. The van der Waals surface area contributed by atoms with E-state index < -0.39 is 0 Å². The molecule has 0 saturated carbocycles. The summed E-state index contributed by atoms with van der Waals surface area (Å²) in [5.74, 6) is 1.06. The minimum Gasteiger partial charge on any atom is -0.487 e. The smallest absolute Gasteiger partial charge is 0.125 e. The zero-order chi connectivity index (χ0) is 14.2. The standard InChI is InChI=1S/C16H23BrN2O/c1-18-14-11-16(6-3-8-19(2)9-7-16)20-15-5-4-12(17)10-13(14)15/h4-5,10,14,18H,3,6-9,11H2,1-2H3. The lowest BCUT2D eigenvalue weighted by Crippen LogP contribution is -2.44. The molecule has 2 aliphatic rings. The lowest BCUT2D eigenvalue weighted by molar-refractivity contribution is 0.0181. The average molecular weight is 339 g/mol. The van der Waals surface area contributed by atoms with E-state index in [1.54, 1.807) is 0 Å². The Morgan fingerprint density at radius 3 is 3.00 bits per heavy atom. The van der Waals surface area contributed by atoms with E-state index in [4.69, 9.17) is 4.74 Å². The lowest BCUT2D eigenvalue weighted by atomic mass is 9.82. The molecule has 4 heteroatoms. The predicted molar refractivity (Wildman–Crippen MR) is 85.3 cm³/mol. The molecule has 0 amide bonds. The first kappa shape index (κ1) is 14.4. The SMILES string of the molecule is CNC1CC2(CCCN(C)CC2)Oc2ccc(Br)cc21. The third kappa shape index (κ3) is 2.74. The molecular formula is C16H23BrN2O. The van der Waals surface area contributed by atoms with Crippen LogP contribution in [0.2, 0.25) is 0 Å². The topological polar surface area (TPSA) is 24.5 Å². The van der Waals surface area contributed by atoms with Gasteiger partial charge in [-0.15, -0.1) is 0 Å². The van der Waals surface area contributed by atoms with Crippen molar-refractivity contribution in [3.63, 3.8) is 0 Å². The quantitative estimate of drug-likeness (QED) is 0.849. The molecule has 1 aromatic carbocycles. The van der Waals surface area contributed by atoms with Gasteiger partial charge >= 0.3 is 0 Å². The van der Waals surface area contributed by atoms with E-state index >= 15 is 0 Å². The van der Waals surface area contributed by atoms with Gasteiger partial charge in [0.05, 0.1) is 0 Å². The zero-order valence-corrected chi connectivity index (χ0v) is 13.9. The molecule has 1 saturated heterocycles. The maximum atomic E-state index is 6.49.